The quantitative estimate of drug-likeness (QED) is 0.726. The fourth-order valence-corrected chi connectivity index (χ4v) is 3.60. The maximum Gasteiger partial charge on any atom is 0.416 e. The first kappa shape index (κ1) is 23.6. The Morgan fingerprint density at radius 2 is 2.03 bits per heavy atom. The van der Waals surface area contributed by atoms with E-state index in [4.69, 9.17) is 13.9 Å². The Bertz CT molecular complexity index is 1070. The van der Waals surface area contributed by atoms with Crippen molar-refractivity contribution in [1.29, 1.82) is 0 Å². The number of ether oxygens (including phenoxy) is 2. The van der Waals surface area contributed by atoms with Gasteiger partial charge in [0.2, 0.25) is 0 Å². The van der Waals surface area contributed by atoms with Crippen molar-refractivity contribution in [2.24, 2.45) is 4.99 Å². The number of hydrogen-bond acceptors (Lipinski definition) is 5. The first-order valence-electron chi connectivity index (χ1n) is 11.0. The van der Waals surface area contributed by atoms with E-state index in [1.807, 2.05) is 20.8 Å². The topological polar surface area (TPSA) is 78.0 Å². The van der Waals surface area contributed by atoms with Crippen LogP contribution in [0.25, 0.3) is 0 Å². The number of nitrogens with one attached hydrogen (secondary N) is 1. The molecule has 1 aromatic carbocycles. The molecule has 33 heavy (non-hydrogen) atoms. The molecule has 3 heterocycles. The second-order valence-electron chi connectivity index (χ2n) is 9.44. The molecule has 4 rings (SSSR count). The maximum absolute atomic E-state index is 13.3. The smallest absolute Gasteiger partial charge is 0.416 e. The van der Waals surface area contributed by atoms with E-state index in [1.54, 1.807) is 10.8 Å². The lowest BCUT2D eigenvalue weighted by Gasteiger charge is -2.28. The molecule has 2 fully saturated rings. The number of carbonyl (C=O) groups excluding carboxylic acids is 1. The zero-order valence-electron chi connectivity index (χ0n) is 18.9. The highest BCUT2D eigenvalue weighted by Gasteiger charge is 2.33. The summed E-state index contributed by atoms with van der Waals surface area (Å²) in [5.74, 6) is -0.191. The SMILES string of the molecule is CC(C)(C)c1cn(C[C@H]2CCCO2)c(=NC(=O)c2cc(C(F)(F)F)ccc2OC2CNC2)o1. The van der Waals surface area contributed by atoms with Crippen molar-refractivity contribution in [2.75, 3.05) is 19.7 Å². The number of rotatable bonds is 5. The van der Waals surface area contributed by atoms with Gasteiger partial charge in [-0.25, -0.2) is 0 Å². The molecule has 7 nitrogen and oxygen atoms in total. The van der Waals surface area contributed by atoms with Gasteiger partial charge in [0.05, 0.1) is 23.8 Å². The Hall–Kier alpha value is -2.59. The van der Waals surface area contributed by atoms with Gasteiger partial charge in [0.15, 0.2) is 0 Å². The second-order valence-corrected chi connectivity index (χ2v) is 9.44. The van der Waals surface area contributed by atoms with Crippen LogP contribution in [0, 0.1) is 0 Å². The number of halogens is 3. The molecule has 2 aliphatic heterocycles. The lowest BCUT2D eigenvalue weighted by molar-refractivity contribution is -0.137. The van der Waals surface area contributed by atoms with E-state index in [2.05, 4.69) is 10.3 Å². The van der Waals surface area contributed by atoms with E-state index in [1.165, 1.54) is 6.07 Å². The molecule has 1 atom stereocenters. The van der Waals surface area contributed by atoms with Crippen molar-refractivity contribution in [1.82, 2.24) is 9.88 Å². The van der Waals surface area contributed by atoms with Crippen LogP contribution in [0.5, 0.6) is 5.75 Å². The molecule has 0 bridgehead atoms. The average molecular weight is 467 g/mol. The Labute approximate surface area is 189 Å². The molecule has 2 saturated heterocycles. The minimum Gasteiger partial charge on any atom is -0.487 e. The van der Waals surface area contributed by atoms with Gasteiger partial charge < -0.3 is 19.2 Å². The van der Waals surface area contributed by atoms with Crippen molar-refractivity contribution < 1.29 is 31.9 Å². The standard InChI is InChI=1S/C23H28F3N3O4/c1-22(2,3)19-13-29(12-15-5-4-8-31-15)21(33-19)28-20(30)17-9-14(23(24,25)26)6-7-18(17)32-16-10-27-11-16/h6-7,9,13,15-16,27H,4-5,8,10-12H2,1-3H3/t15-/m1/s1. The molecule has 0 radical (unpaired) electrons. The molecule has 0 aliphatic carbocycles. The highest BCUT2D eigenvalue weighted by atomic mass is 19.4. The number of carbonyl (C=O) groups is 1. The van der Waals surface area contributed by atoms with Gasteiger partial charge in [-0.3, -0.25) is 9.36 Å². The minimum absolute atomic E-state index is 0.0223. The molecule has 10 heteroatoms. The van der Waals surface area contributed by atoms with Gasteiger partial charge in [-0.2, -0.15) is 18.2 Å². The Kier molecular flexibility index (Phi) is 6.41. The third-order valence-electron chi connectivity index (χ3n) is 5.66. The van der Waals surface area contributed by atoms with Gasteiger partial charge in [0.1, 0.15) is 17.6 Å². The molecule has 2 aromatic rings. The average Bonchev–Trinajstić information content (AvgIpc) is 3.34. The van der Waals surface area contributed by atoms with Crippen LogP contribution in [0.15, 0.2) is 33.8 Å². The predicted octanol–water partition coefficient (Wildman–Crippen LogP) is 3.67. The zero-order valence-corrected chi connectivity index (χ0v) is 18.9. The first-order chi connectivity index (χ1) is 15.5. The van der Waals surface area contributed by atoms with Crippen molar-refractivity contribution >= 4 is 5.91 Å². The molecule has 1 aromatic heterocycles. The number of amides is 1. The highest BCUT2D eigenvalue weighted by molar-refractivity contribution is 5.97. The summed E-state index contributed by atoms with van der Waals surface area (Å²) >= 11 is 0. The van der Waals surface area contributed by atoms with Crippen molar-refractivity contribution in [3.63, 3.8) is 0 Å². The van der Waals surface area contributed by atoms with Gasteiger partial charge in [-0.05, 0) is 31.0 Å². The van der Waals surface area contributed by atoms with Gasteiger partial charge in [0, 0.05) is 31.3 Å². The normalized spacial score (nSPS) is 20.2. The number of hydrogen-bond donors (Lipinski definition) is 1. The summed E-state index contributed by atoms with van der Waals surface area (Å²) in [7, 11) is 0. The number of nitrogens with zero attached hydrogens (tertiary/aromatic N) is 2. The third kappa shape index (κ3) is 5.50. The van der Waals surface area contributed by atoms with Gasteiger partial charge >= 0.3 is 11.9 Å². The van der Waals surface area contributed by atoms with Crippen LogP contribution >= 0.6 is 0 Å². The third-order valence-corrected chi connectivity index (χ3v) is 5.66. The number of oxazole rings is 1. The van der Waals surface area contributed by atoms with Crippen molar-refractivity contribution in [3.8, 4) is 5.75 Å². The minimum atomic E-state index is -4.60. The Morgan fingerprint density at radius 1 is 1.27 bits per heavy atom. The molecule has 0 unspecified atom stereocenters. The fourth-order valence-electron chi connectivity index (χ4n) is 3.60. The van der Waals surface area contributed by atoms with E-state index < -0.39 is 17.6 Å². The van der Waals surface area contributed by atoms with Gasteiger partial charge in [-0.1, -0.05) is 20.8 Å². The molecule has 1 amide bonds. The number of aromatic nitrogens is 1. The van der Waals surface area contributed by atoms with Crippen LogP contribution in [-0.4, -0.2) is 42.4 Å². The van der Waals surface area contributed by atoms with Crippen molar-refractivity contribution in [3.05, 3.63) is 47.0 Å². The largest absolute Gasteiger partial charge is 0.487 e. The van der Waals surface area contributed by atoms with Crippen molar-refractivity contribution in [2.45, 2.75) is 64.0 Å². The highest BCUT2D eigenvalue weighted by Crippen LogP contribution is 2.33. The fraction of sp³-hybridized carbons (Fsp3) is 0.565. The van der Waals surface area contributed by atoms with E-state index in [-0.39, 0.29) is 34.6 Å². The van der Waals surface area contributed by atoms with Crippen LogP contribution in [0.3, 0.4) is 0 Å². The summed E-state index contributed by atoms with van der Waals surface area (Å²) < 4.78 is 59.0. The second kappa shape index (κ2) is 8.98. The summed E-state index contributed by atoms with van der Waals surface area (Å²) in [4.78, 5) is 17.2. The van der Waals surface area contributed by atoms with Crippen LogP contribution in [-0.2, 0) is 22.9 Å². The Morgan fingerprint density at radius 3 is 2.61 bits per heavy atom. The van der Waals surface area contributed by atoms with Gasteiger partial charge in [0.25, 0.3) is 5.91 Å². The summed E-state index contributed by atoms with van der Waals surface area (Å²) in [5.41, 5.74) is -1.53. The lowest BCUT2D eigenvalue weighted by atomic mass is 9.94. The van der Waals surface area contributed by atoms with Crippen LogP contribution < -0.4 is 15.7 Å². The molecule has 1 N–H and O–H groups in total. The van der Waals surface area contributed by atoms with Crippen LogP contribution in [0.2, 0.25) is 0 Å². The molecule has 2 aliphatic rings. The first-order valence-corrected chi connectivity index (χ1v) is 11.0. The zero-order chi connectivity index (χ0) is 23.8. The number of alkyl halides is 3. The molecular weight excluding hydrogens is 439 g/mol. The van der Waals surface area contributed by atoms with Crippen LogP contribution in [0.4, 0.5) is 13.2 Å². The predicted molar refractivity (Wildman–Crippen MR) is 113 cm³/mol. The summed E-state index contributed by atoms with van der Waals surface area (Å²) in [6, 6.07) is 2.86. The van der Waals surface area contributed by atoms with E-state index >= 15 is 0 Å². The lowest BCUT2D eigenvalue weighted by Crippen LogP contribution is -2.50. The summed E-state index contributed by atoms with van der Waals surface area (Å²) in [6.07, 6.45) is -1.26. The Balaban J connectivity index is 1.73. The van der Waals surface area contributed by atoms with E-state index in [0.29, 0.717) is 32.0 Å². The summed E-state index contributed by atoms with van der Waals surface area (Å²) in [6.45, 7) is 8.09. The van der Waals surface area contributed by atoms with Crippen LogP contribution in [0.1, 0.15) is 55.3 Å². The molecule has 180 valence electrons. The maximum atomic E-state index is 13.3. The number of benzene rings is 1. The monoisotopic (exact) mass is 467 g/mol. The molecule has 0 spiro atoms. The molecule has 0 saturated carbocycles. The summed E-state index contributed by atoms with van der Waals surface area (Å²) in [5, 5.41) is 3.02. The van der Waals surface area contributed by atoms with E-state index in [9.17, 15) is 18.0 Å². The van der Waals surface area contributed by atoms with Gasteiger partial charge in [-0.15, -0.1) is 0 Å². The molecular formula is C23H28F3N3O4. The van der Waals surface area contributed by atoms with E-state index in [0.717, 1.165) is 25.0 Å².